The molecule has 0 amide bonds. The van der Waals surface area contributed by atoms with Gasteiger partial charge in [0.25, 0.3) is 0 Å². The summed E-state index contributed by atoms with van der Waals surface area (Å²) in [5, 5.41) is 0. The van der Waals surface area contributed by atoms with Crippen molar-refractivity contribution >= 4 is 19.7 Å². The van der Waals surface area contributed by atoms with Gasteiger partial charge in [-0.2, -0.15) is 0 Å². The maximum absolute atomic E-state index is 10.6. The van der Waals surface area contributed by atoms with Crippen LogP contribution in [0.1, 0.15) is 33.6 Å². The third-order valence-corrected chi connectivity index (χ3v) is 3.13. The lowest BCUT2D eigenvalue weighted by Gasteiger charge is -2.20. The van der Waals surface area contributed by atoms with Crippen LogP contribution in [0, 0.1) is 5.41 Å². The normalized spacial score (nSPS) is 13.5. The van der Waals surface area contributed by atoms with E-state index in [0.29, 0.717) is 6.42 Å². The summed E-state index contributed by atoms with van der Waals surface area (Å²) < 4.78 is 21.1. The van der Waals surface area contributed by atoms with Crippen molar-refractivity contribution in [1.29, 1.82) is 0 Å². The van der Waals surface area contributed by atoms with Crippen molar-refractivity contribution in [3.8, 4) is 0 Å². The SMILES string of the molecule is CCC(C)(C)CCS(=O)(=O)Cl. The quantitative estimate of drug-likeness (QED) is 0.650. The molecule has 0 rings (SSSR count). The van der Waals surface area contributed by atoms with Gasteiger partial charge in [-0.1, -0.05) is 27.2 Å². The van der Waals surface area contributed by atoms with Crippen LogP contribution in [0.5, 0.6) is 0 Å². The molecule has 2 nitrogen and oxygen atoms in total. The molecule has 11 heavy (non-hydrogen) atoms. The molecule has 0 radical (unpaired) electrons. The third-order valence-electron chi connectivity index (χ3n) is 1.98. The predicted molar refractivity (Wildman–Crippen MR) is 48.3 cm³/mol. The second-order valence-electron chi connectivity index (χ2n) is 3.51. The predicted octanol–water partition coefficient (Wildman–Crippen LogP) is 2.38. The van der Waals surface area contributed by atoms with E-state index in [1.807, 2.05) is 20.8 Å². The Kier molecular flexibility index (Phi) is 3.85. The van der Waals surface area contributed by atoms with Crippen molar-refractivity contribution in [2.24, 2.45) is 5.41 Å². The molecule has 0 aliphatic rings. The van der Waals surface area contributed by atoms with Crippen LogP contribution >= 0.6 is 10.7 Å². The van der Waals surface area contributed by atoms with Gasteiger partial charge < -0.3 is 0 Å². The third kappa shape index (κ3) is 6.63. The fourth-order valence-corrected chi connectivity index (χ4v) is 1.60. The number of hydrogen-bond donors (Lipinski definition) is 0. The van der Waals surface area contributed by atoms with Crippen molar-refractivity contribution in [3.63, 3.8) is 0 Å². The average molecular weight is 199 g/mol. The molecule has 0 fully saturated rings. The first kappa shape index (κ1) is 11.2. The summed E-state index contributed by atoms with van der Waals surface area (Å²) in [5.74, 6) is 0.0788. The zero-order valence-electron chi connectivity index (χ0n) is 7.22. The van der Waals surface area contributed by atoms with Crippen LogP contribution in [0.15, 0.2) is 0 Å². The maximum Gasteiger partial charge on any atom is 0.232 e. The largest absolute Gasteiger partial charge is 0.232 e. The Hall–Kier alpha value is 0.240. The van der Waals surface area contributed by atoms with Crippen molar-refractivity contribution in [2.45, 2.75) is 33.6 Å². The number of halogens is 1. The Bertz CT molecular complexity index is 206. The molecule has 0 aromatic carbocycles. The summed E-state index contributed by atoms with van der Waals surface area (Å²) in [6, 6.07) is 0. The van der Waals surface area contributed by atoms with Crippen LogP contribution in [-0.4, -0.2) is 14.2 Å². The topological polar surface area (TPSA) is 34.1 Å². The molecule has 0 aliphatic carbocycles. The van der Waals surface area contributed by atoms with Gasteiger partial charge >= 0.3 is 0 Å². The fraction of sp³-hybridized carbons (Fsp3) is 1.00. The summed E-state index contributed by atoms with van der Waals surface area (Å²) in [5.41, 5.74) is 0.0853. The lowest BCUT2D eigenvalue weighted by atomic mass is 9.87. The van der Waals surface area contributed by atoms with Crippen LogP contribution in [-0.2, 0) is 9.05 Å². The fourth-order valence-electron chi connectivity index (χ4n) is 0.575. The van der Waals surface area contributed by atoms with Crippen LogP contribution in [0.4, 0.5) is 0 Å². The van der Waals surface area contributed by atoms with Crippen LogP contribution in [0.3, 0.4) is 0 Å². The van der Waals surface area contributed by atoms with Crippen molar-refractivity contribution in [1.82, 2.24) is 0 Å². The van der Waals surface area contributed by atoms with E-state index in [1.165, 1.54) is 0 Å². The minimum Gasteiger partial charge on any atom is -0.212 e. The van der Waals surface area contributed by atoms with Gasteiger partial charge in [-0.15, -0.1) is 0 Å². The highest BCUT2D eigenvalue weighted by atomic mass is 35.7. The summed E-state index contributed by atoms with van der Waals surface area (Å²) in [4.78, 5) is 0. The Morgan fingerprint density at radius 2 is 1.82 bits per heavy atom. The van der Waals surface area contributed by atoms with E-state index < -0.39 is 9.05 Å². The monoisotopic (exact) mass is 198 g/mol. The molecule has 0 atom stereocenters. The Morgan fingerprint density at radius 3 is 2.09 bits per heavy atom. The summed E-state index contributed by atoms with van der Waals surface area (Å²) in [7, 11) is 1.77. The molecular formula is C7H15ClO2S. The molecule has 68 valence electrons. The van der Waals surface area contributed by atoms with Gasteiger partial charge in [0.2, 0.25) is 9.05 Å². The van der Waals surface area contributed by atoms with Gasteiger partial charge in [-0.25, -0.2) is 8.42 Å². The van der Waals surface area contributed by atoms with Crippen LogP contribution < -0.4 is 0 Å². The van der Waals surface area contributed by atoms with Crippen molar-refractivity contribution < 1.29 is 8.42 Å². The van der Waals surface area contributed by atoms with E-state index in [9.17, 15) is 8.42 Å². The van der Waals surface area contributed by atoms with Gasteiger partial charge in [0.05, 0.1) is 5.75 Å². The van der Waals surface area contributed by atoms with E-state index >= 15 is 0 Å². The zero-order chi connectivity index (χ0) is 9.12. The smallest absolute Gasteiger partial charge is 0.212 e. The van der Waals surface area contributed by atoms with Gasteiger partial charge in [-0.3, -0.25) is 0 Å². The van der Waals surface area contributed by atoms with E-state index in [1.54, 1.807) is 0 Å². The highest BCUT2D eigenvalue weighted by Gasteiger charge is 2.18. The molecule has 0 bridgehead atoms. The second-order valence-corrected chi connectivity index (χ2v) is 6.41. The molecule has 0 saturated carbocycles. The molecule has 0 N–H and O–H groups in total. The zero-order valence-corrected chi connectivity index (χ0v) is 8.80. The van der Waals surface area contributed by atoms with Gasteiger partial charge in [0, 0.05) is 10.7 Å². The molecule has 0 saturated heterocycles. The first-order valence-electron chi connectivity index (χ1n) is 3.69. The standard InChI is InChI=1S/C7H15ClO2S/c1-4-7(2,3)5-6-11(8,9)10/h4-6H2,1-3H3. The highest BCUT2D eigenvalue weighted by Crippen LogP contribution is 2.25. The van der Waals surface area contributed by atoms with Crippen molar-refractivity contribution in [2.75, 3.05) is 5.75 Å². The van der Waals surface area contributed by atoms with E-state index in [2.05, 4.69) is 0 Å². The molecule has 0 aromatic rings. The van der Waals surface area contributed by atoms with Gasteiger partial charge in [-0.05, 0) is 11.8 Å². The second kappa shape index (κ2) is 3.76. The molecule has 0 heterocycles. The molecule has 0 spiro atoms. The van der Waals surface area contributed by atoms with Crippen molar-refractivity contribution in [3.05, 3.63) is 0 Å². The molecule has 0 aromatic heterocycles. The molecule has 0 aliphatic heterocycles. The Labute approximate surface area is 73.4 Å². The Morgan fingerprint density at radius 1 is 1.36 bits per heavy atom. The minimum atomic E-state index is -3.30. The average Bonchev–Trinajstić information content (AvgIpc) is 1.83. The maximum atomic E-state index is 10.6. The molecule has 0 unspecified atom stereocenters. The Balaban J connectivity index is 3.90. The summed E-state index contributed by atoms with van der Waals surface area (Å²) >= 11 is 0. The van der Waals surface area contributed by atoms with E-state index in [-0.39, 0.29) is 11.2 Å². The van der Waals surface area contributed by atoms with E-state index in [0.717, 1.165) is 6.42 Å². The number of hydrogen-bond acceptors (Lipinski definition) is 2. The summed E-state index contributed by atoms with van der Waals surface area (Å²) in [6.45, 7) is 6.12. The molecule has 4 heteroatoms. The first-order valence-corrected chi connectivity index (χ1v) is 6.17. The van der Waals surface area contributed by atoms with Crippen LogP contribution in [0.2, 0.25) is 0 Å². The summed E-state index contributed by atoms with van der Waals surface area (Å²) in [6.07, 6.45) is 1.61. The van der Waals surface area contributed by atoms with Gasteiger partial charge in [0.15, 0.2) is 0 Å². The minimum absolute atomic E-state index is 0.0788. The number of rotatable bonds is 4. The lowest BCUT2D eigenvalue weighted by Crippen LogP contribution is -2.14. The lowest BCUT2D eigenvalue weighted by molar-refractivity contribution is 0.339. The molecular weight excluding hydrogens is 184 g/mol. The highest BCUT2D eigenvalue weighted by molar-refractivity contribution is 8.13. The van der Waals surface area contributed by atoms with Crippen LogP contribution in [0.25, 0.3) is 0 Å². The first-order chi connectivity index (χ1) is 4.77. The van der Waals surface area contributed by atoms with E-state index in [4.69, 9.17) is 10.7 Å². The van der Waals surface area contributed by atoms with Gasteiger partial charge in [0.1, 0.15) is 0 Å².